The molecule has 22 heavy (non-hydrogen) atoms. The van der Waals surface area contributed by atoms with E-state index in [1.165, 1.54) is 0 Å². The summed E-state index contributed by atoms with van der Waals surface area (Å²) in [6.07, 6.45) is 0.995. The topological polar surface area (TPSA) is 66.6 Å². The van der Waals surface area contributed by atoms with Gasteiger partial charge in [-0.2, -0.15) is 0 Å². The number of rotatable bonds is 3. The summed E-state index contributed by atoms with van der Waals surface area (Å²) >= 11 is 5.87. The number of carbonyl (C=O) groups is 1. The number of benzene rings is 1. The Kier molecular flexibility index (Phi) is 3.60. The molecule has 1 aromatic carbocycles. The summed E-state index contributed by atoms with van der Waals surface area (Å²) in [5.74, 6) is -0.363. The Morgan fingerprint density at radius 2 is 2.05 bits per heavy atom. The average molecular weight is 321 g/mol. The molecule has 1 aromatic heterocycles. The van der Waals surface area contributed by atoms with Crippen LogP contribution in [0.2, 0.25) is 5.02 Å². The number of anilines is 1. The third-order valence-corrected chi connectivity index (χ3v) is 4.22. The second kappa shape index (κ2) is 5.32. The predicted molar refractivity (Wildman–Crippen MR) is 84.5 cm³/mol. The van der Waals surface area contributed by atoms with E-state index in [-0.39, 0.29) is 16.7 Å². The number of aromatic carboxylic acids is 1. The van der Waals surface area contributed by atoms with Gasteiger partial charge in [0.2, 0.25) is 0 Å². The Morgan fingerprint density at radius 1 is 1.36 bits per heavy atom. The van der Waals surface area contributed by atoms with E-state index in [1.807, 2.05) is 4.90 Å². The van der Waals surface area contributed by atoms with Gasteiger partial charge in [0.15, 0.2) is 17.1 Å². The maximum atomic E-state index is 11.7. The second-order valence-corrected chi connectivity index (χ2v) is 6.79. The zero-order chi connectivity index (χ0) is 15.9. The molecule has 2 heterocycles. The van der Waals surface area contributed by atoms with Crippen molar-refractivity contribution in [2.75, 3.05) is 18.0 Å². The quantitative estimate of drug-likeness (QED) is 0.928. The van der Waals surface area contributed by atoms with Gasteiger partial charge in [0, 0.05) is 23.7 Å². The molecule has 2 aromatic rings. The van der Waals surface area contributed by atoms with E-state index >= 15 is 0 Å². The molecule has 0 amide bonds. The fourth-order valence-electron chi connectivity index (χ4n) is 2.78. The first-order chi connectivity index (χ1) is 10.4. The minimum Gasteiger partial charge on any atom is -0.477 e. The van der Waals surface area contributed by atoms with Gasteiger partial charge in [-0.25, -0.2) is 4.79 Å². The summed E-state index contributed by atoms with van der Waals surface area (Å²) in [4.78, 5) is 13.7. The van der Waals surface area contributed by atoms with Crippen molar-refractivity contribution >= 4 is 23.4 Å². The highest BCUT2D eigenvalue weighted by Crippen LogP contribution is 2.37. The summed E-state index contributed by atoms with van der Waals surface area (Å²) < 4.78 is 5.35. The Hall–Kier alpha value is -2.01. The first-order valence-electron chi connectivity index (χ1n) is 7.11. The van der Waals surface area contributed by atoms with Crippen LogP contribution in [-0.2, 0) is 0 Å². The lowest BCUT2D eigenvalue weighted by Gasteiger charge is -2.19. The molecule has 116 valence electrons. The molecular formula is C16H17ClN2O3. The van der Waals surface area contributed by atoms with Gasteiger partial charge < -0.3 is 14.5 Å². The van der Waals surface area contributed by atoms with Crippen LogP contribution in [-0.4, -0.2) is 29.3 Å². The molecule has 0 unspecified atom stereocenters. The minimum atomic E-state index is -1.04. The van der Waals surface area contributed by atoms with Gasteiger partial charge in [0.25, 0.3) is 0 Å². The summed E-state index contributed by atoms with van der Waals surface area (Å²) in [5.41, 5.74) is 0.911. The van der Waals surface area contributed by atoms with E-state index in [1.54, 1.807) is 24.3 Å². The Bertz CT molecular complexity index is 707. The molecular weight excluding hydrogens is 304 g/mol. The lowest BCUT2D eigenvalue weighted by Crippen LogP contribution is -2.24. The number of hydrogen-bond acceptors (Lipinski definition) is 4. The number of nitrogens with zero attached hydrogens (tertiary/aromatic N) is 2. The highest BCUT2D eigenvalue weighted by molar-refractivity contribution is 6.30. The third kappa shape index (κ3) is 2.68. The molecule has 1 fully saturated rings. The van der Waals surface area contributed by atoms with Crippen molar-refractivity contribution in [1.29, 1.82) is 0 Å². The SMILES string of the molecule is CC1(C)CCN(c2noc(-c3ccc(Cl)cc3)c2C(=O)O)C1. The van der Waals surface area contributed by atoms with E-state index in [0.717, 1.165) is 19.5 Å². The van der Waals surface area contributed by atoms with Crippen LogP contribution in [0.15, 0.2) is 28.8 Å². The van der Waals surface area contributed by atoms with Crippen molar-refractivity contribution in [3.63, 3.8) is 0 Å². The maximum Gasteiger partial charge on any atom is 0.343 e. The number of aromatic nitrogens is 1. The van der Waals surface area contributed by atoms with Crippen molar-refractivity contribution < 1.29 is 14.4 Å². The van der Waals surface area contributed by atoms with Crippen LogP contribution in [0.4, 0.5) is 5.82 Å². The van der Waals surface area contributed by atoms with Crippen LogP contribution >= 0.6 is 11.6 Å². The lowest BCUT2D eigenvalue weighted by atomic mass is 9.93. The van der Waals surface area contributed by atoms with Crippen LogP contribution in [0.5, 0.6) is 0 Å². The largest absolute Gasteiger partial charge is 0.477 e. The smallest absolute Gasteiger partial charge is 0.343 e. The van der Waals surface area contributed by atoms with Gasteiger partial charge in [-0.15, -0.1) is 0 Å². The Labute approximate surface area is 133 Å². The van der Waals surface area contributed by atoms with Crippen molar-refractivity contribution in [3.05, 3.63) is 34.9 Å². The Morgan fingerprint density at radius 3 is 2.59 bits per heavy atom. The number of hydrogen-bond donors (Lipinski definition) is 1. The zero-order valence-corrected chi connectivity index (χ0v) is 13.2. The first-order valence-corrected chi connectivity index (χ1v) is 7.49. The van der Waals surface area contributed by atoms with E-state index in [2.05, 4.69) is 19.0 Å². The molecule has 0 aliphatic carbocycles. The van der Waals surface area contributed by atoms with Crippen LogP contribution < -0.4 is 4.90 Å². The highest BCUT2D eigenvalue weighted by Gasteiger charge is 2.35. The molecule has 1 saturated heterocycles. The number of carboxylic acid groups (broad SMARTS) is 1. The van der Waals surface area contributed by atoms with E-state index in [0.29, 0.717) is 16.4 Å². The monoisotopic (exact) mass is 320 g/mol. The summed E-state index contributed by atoms with van der Waals surface area (Å²) in [6.45, 7) is 5.86. The fraction of sp³-hybridized carbons (Fsp3) is 0.375. The summed E-state index contributed by atoms with van der Waals surface area (Å²) in [7, 11) is 0. The van der Waals surface area contributed by atoms with Crippen LogP contribution in [0.25, 0.3) is 11.3 Å². The number of carboxylic acids is 1. The molecule has 6 heteroatoms. The third-order valence-electron chi connectivity index (χ3n) is 3.97. The molecule has 3 rings (SSSR count). The van der Waals surface area contributed by atoms with Crippen LogP contribution in [0, 0.1) is 5.41 Å². The van der Waals surface area contributed by atoms with Crippen molar-refractivity contribution in [3.8, 4) is 11.3 Å². The van der Waals surface area contributed by atoms with Crippen LogP contribution in [0.1, 0.15) is 30.6 Å². The maximum absolute atomic E-state index is 11.7. The number of halogens is 1. The minimum absolute atomic E-state index is 0.111. The normalized spacial score (nSPS) is 17.0. The molecule has 5 nitrogen and oxygen atoms in total. The fourth-order valence-corrected chi connectivity index (χ4v) is 2.91. The predicted octanol–water partition coefficient (Wildman–Crippen LogP) is 3.93. The molecule has 0 atom stereocenters. The molecule has 0 spiro atoms. The lowest BCUT2D eigenvalue weighted by molar-refractivity contribution is 0.0698. The van der Waals surface area contributed by atoms with Gasteiger partial charge in [-0.1, -0.05) is 30.6 Å². The second-order valence-electron chi connectivity index (χ2n) is 6.36. The summed E-state index contributed by atoms with van der Waals surface area (Å²) in [6, 6.07) is 6.85. The van der Waals surface area contributed by atoms with Crippen molar-refractivity contribution in [2.24, 2.45) is 5.41 Å². The molecule has 0 bridgehead atoms. The standard InChI is InChI=1S/C16H17ClN2O3/c1-16(2)7-8-19(9-16)14-12(15(20)21)13(22-18-14)10-3-5-11(17)6-4-10/h3-6H,7-9H2,1-2H3,(H,20,21). The Balaban J connectivity index is 2.03. The highest BCUT2D eigenvalue weighted by atomic mass is 35.5. The molecule has 1 N–H and O–H groups in total. The van der Waals surface area contributed by atoms with Gasteiger partial charge in [0.1, 0.15) is 0 Å². The van der Waals surface area contributed by atoms with Gasteiger partial charge in [-0.05, 0) is 36.1 Å². The van der Waals surface area contributed by atoms with E-state index in [9.17, 15) is 9.90 Å². The van der Waals surface area contributed by atoms with E-state index in [4.69, 9.17) is 16.1 Å². The molecule has 0 saturated carbocycles. The first kappa shape index (κ1) is 14.9. The molecule has 0 radical (unpaired) electrons. The van der Waals surface area contributed by atoms with Crippen LogP contribution in [0.3, 0.4) is 0 Å². The summed E-state index contributed by atoms with van der Waals surface area (Å²) in [5, 5.41) is 14.2. The average Bonchev–Trinajstić information content (AvgIpc) is 3.03. The van der Waals surface area contributed by atoms with Crippen molar-refractivity contribution in [1.82, 2.24) is 5.16 Å². The van der Waals surface area contributed by atoms with Gasteiger partial charge in [-0.3, -0.25) is 0 Å². The van der Waals surface area contributed by atoms with Gasteiger partial charge >= 0.3 is 5.97 Å². The zero-order valence-electron chi connectivity index (χ0n) is 12.5. The van der Waals surface area contributed by atoms with Gasteiger partial charge in [0.05, 0.1) is 0 Å². The molecule has 1 aliphatic heterocycles. The van der Waals surface area contributed by atoms with Crippen molar-refractivity contribution in [2.45, 2.75) is 20.3 Å². The van der Waals surface area contributed by atoms with E-state index < -0.39 is 5.97 Å². The molecule has 1 aliphatic rings.